The Morgan fingerprint density at radius 2 is 1.35 bits per heavy atom. The lowest BCUT2D eigenvalue weighted by Crippen LogP contribution is -2.48. The molecule has 1 aliphatic rings. The Morgan fingerprint density at radius 1 is 0.784 bits per heavy atom. The molecule has 1 heterocycles. The first-order valence-electron chi connectivity index (χ1n) is 17.5. The van der Waals surface area contributed by atoms with E-state index >= 15 is 0 Å². The molecule has 3 atom stereocenters. The zero-order valence-corrected chi connectivity index (χ0v) is 28.9. The number of nitrogens with one attached hydrogen (secondary N) is 2. The summed E-state index contributed by atoms with van der Waals surface area (Å²) in [4.78, 5) is 27.6. The Balaban J connectivity index is 1.08. The summed E-state index contributed by atoms with van der Waals surface area (Å²) in [6, 6.07) is 44.5. The molecule has 0 spiro atoms. The number of amides is 2. The van der Waals surface area contributed by atoms with Crippen LogP contribution in [0.15, 0.2) is 140 Å². The van der Waals surface area contributed by atoms with Crippen LogP contribution >= 0.6 is 0 Å². The van der Waals surface area contributed by atoms with Gasteiger partial charge >= 0.3 is 6.09 Å². The van der Waals surface area contributed by atoms with Crippen LogP contribution in [-0.2, 0) is 22.4 Å². The second kappa shape index (κ2) is 17.5. The maximum Gasteiger partial charge on any atom is 0.407 e. The lowest BCUT2D eigenvalue weighted by molar-refractivity contribution is -0.120. The van der Waals surface area contributed by atoms with Gasteiger partial charge in [0, 0.05) is 31.7 Å². The molecule has 262 valence electrons. The number of carboxylic acid groups (broad SMARTS) is 1. The molecule has 0 aliphatic carbocycles. The fourth-order valence-electron chi connectivity index (χ4n) is 6.70. The number of rotatable bonds is 14. The molecule has 0 radical (unpaired) electrons. The quantitative estimate of drug-likeness (QED) is 0.113. The van der Waals surface area contributed by atoms with Crippen LogP contribution in [-0.4, -0.2) is 67.0 Å². The third-order valence-electron chi connectivity index (χ3n) is 9.37. The highest BCUT2D eigenvalue weighted by atomic mass is 16.5. The molecule has 2 amide bonds. The van der Waals surface area contributed by atoms with Crippen molar-refractivity contribution < 1.29 is 24.2 Å². The van der Waals surface area contributed by atoms with Crippen molar-refractivity contribution in [3.05, 3.63) is 167 Å². The van der Waals surface area contributed by atoms with Crippen molar-refractivity contribution >= 4 is 17.7 Å². The molecule has 0 aromatic heterocycles. The molecular weight excluding hydrogens is 638 g/mol. The third kappa shape index (κ3) is 9.63. The zero-order chi connectivity index (χ0) is 35.4. The van der Waals surface area contributed by atoms with Gasteiger partial charge in [-0.25, -0.2) is 4.79 Å². The summed E-state index contributed by atoms with van der Waals surface area (Å²) < 4.78 is 12.5. The van der Waals surface area contributed by atoms with Gasteiger partial charge in [-0.05, 0) is 65.3 Å². The Kier molecular flexibility index (Phi) is 12.1. The SMILES string of the molecule is CN(C(=O)O)[C@H](C(=O)Nc1ccccc1CC[C@@H]1CNC[C@@H](COc2ccc(Cc3ccccc3)cc2)O1)C(c1ccccc1)c1ccccc1. The minimum absolute atomic E-state index is 0.0317. The molecular formula is C43H45N3O5. The standard InChI is InChI=1S/C43H45N3O5/c1-46(43(48)49)41(40(34-16-7-3-8-17-34)35-18-9-4-10-19-35)42(47)45-39-20-12-11-15-33(39)23-26-37-28-44-29-38(51-37)30-50-36-24-21-32(22-25-36)27-31-13-5-2-6-14-31/h2-22,24-25,37-38,40-41,44H,23,26-30H2,1H3,(H,45,47)(H,48,49)/t37-,38+,41+/m1/s1. The molecule has 51 heavy (non-hydrogen) atoms. The van der Waals surface area contributed by atoms with Crippen molar-refractivity contribution in [2.24, 2.45) is 0 Å². The topological polar surface area (TPSA) is 100 Å². The van der Waals surface area contributed by atoms with Crippen molar-refractivity contribution in [2.75, 3.05) is 32.1 Å². The molecule has 1 fully saturated rings. The molecule has 3 N–H and O–H groups in total. The van der Waals surface area contributed by atoms with Gasteiger partial charge in [0.2, 0.25) is 5.91 Å². The van der Waals surface area contributed by atoms with Gasteiger partial charge in [0.05, 0.1) is 6.10 Å². The minimum Gasteiger partial charge on any atom is -0.491 e. The number of hydrogen-bond donors (Lipinski definition) is 3. The van der Waals surface area contributed by atoms with Crippen LogP contribution in [0, 0.1) is 0 Å². The van der Waals surface area contributed by atoms with Crippen LogP contribution in [0.3, 0.4) is 0 Å². The van der Waals surface area contributed by atoms with Crippen LogP contribution in [0.1, 0.15) is 40.2 Å². The van der Waals surface area contributed by atoms with Crippen LogP contribution in [0.4, 0.5) is 10.5 Å². The second-order valence-electron chi connectivity index (χ2n) is 13.0. The lowest BCUT2D eigenvalue weighted by atomic mass is 9.84. The van der Waals surface area contributed by atoms with E-state index in [1.807, 2.05) is 103 Å². The van der Waals surface area contributed by atoms with E-state index in [-0.39, 0.29) is 12.2 Å². The van der Waals surface area contributed by atoms with Crippen LogP contribution in [0.2, 0.25) is 0 Å². The van der Waals surface area contributed by atoms with E-state index in [1.165, 1.54) is 18.2 Å². The molecule has 1 saturated heterocycles. The van der Waals surface area contributed by atoms with E-state index in [4.69, 9.17) is 9.47 Å². The summed E-state index contributed by atoms with van der Waals surface area (Å²) in [7, 11) is 1.45. The number of carbonyl (C=O) groups excluding carboxylic acids is 1. The van der Waals surface area contributed by atoms with Gasteiger partial charge < -0.3 is 25.2 Å². The summed E-state index contributed by atoms with van der Waals surface area (Å²) >= 11 is 0. The molecule has 0 unspecified atom stereocenters. The first kappa shape index (κ1) is 35.4. The van der Waals surface area contributed by atoms with E-state index < -0.39 is 24.0 Å². The first-order valence-corrected chi connectivity index (χ1v) is 17.5. The summed E-state index contributed by atoms with van der Waals surface area (Å²) in [5.74, 6) is -0.101. The third-order valence-corrected chi connectivity index (χ3v) is 9.37. The number of anilines is 1. The van der Waals surface area contributed by atoms with Crippen LogP contribution < -0.4 is 15.4 Å². The number of nitrogens with zero attached hydrogens (tertiary/aromatic N) is 1. The number of ether oxygens (including phenoxy) is 2. The maximum absolute atomic E-state index is 14.2. The number of para-hydroxylation sites is 1. The van der Waals surface area contributed by atoms with E-state index in [1.54, 1.807) is 0 Å². The van der Waals surface area contributed by atoms with Crippen molar-refractivity contribution in [3.8, 4) is 5.75 Å². The van der Waals surface area contributed by atoms with E-state index in [2.05, 4.69) is 47.0 Å². The Hall–Kier alpha value is -5.44. The number of carbonyl (C=O) groups is 2. The molecule has 1 aliphatic heterocycles. The fourth-order valence-corrected chi connectivity index (χ4v) is 6.70. The molecule has 8 heteroatoms. The molecule has 5 aromatic rings. The maximum atomic E-state index is 14.2. The Morgan fingerprint density at radius 3 is 2.00 bits per heavy atom. The fraction of sp³-hybridized carbons (Fsp3) is 0.256. The molecule has 5 aromatic carbocycles. The van der Waals surface area contributed by atoms with Crippen LogP contribution in [0.5, 0.6) is 5.75 Å². The van der Waals surface area contributed by atoms with Gasteiger partial charge in [-0.15, -0.1) is 0 Å². The van der Waals surface area contributed by atoms with Gasteiger partial charge in [0.25, 0.3) is 0 Å². The average molecular weight is 684 g/mol. The number of likely N-dealkylation sites (N-methyl/N-ethyl adjacent to an activating group) is 1. The van der Waals surface area contributed by atoms with Crippen molar-refractivity contribution in [1.82, 2.24) is 10.2 Å². The average Bonchev–Trinajstić information content (AvgIpc) is 3.17. The summed E-state index contributed by atoms with van der Waals surface area (Å²) in [5.41, 5.74) is 5.83. The smallest absolute Gasteiger partial charge is 0.407 e. The van der Waals surface area contributed by atoms with Crippen molar-refractivity contribution in [1.29, 1.82) is 0 Å². The van der Waals surface area contributed by atoms with Crippen molar-refractivity contribution in [2.45, 2.75) is 43.4 Å². The van der Waals surface area contributed by atoms with Gasteiger partial charge in [0.15, 0.2) is 0 Å². The monoisotopic (exact) mass is 683 g/mol. The molecule has 0 bridgehead atoms. The summed E-state index contributed by atoms with van der Waals surface area (Å²) in [6.45, 7) is 1.87. The molecule has 8 nitrogen and oxygen atoms in total. The van der Waals surface area contributed by atoms with E-state index in [0.29, 0.717) is 25.3 Å². The van der Waals surface area contributed by atoms with E-state index in [9.17, 15) is 14.7 Å². The van der Waals surface area contributed by atoms with Crippen LogP contribution in [0.25, 0.3) is 0 Å². The highest BCUT2D eigenvalue weighted by Gasteiger charge is 2.37. The molecule has 6 rings (SSSR count). The predicted octanol–water partition coefficient (Wildman–Crippen LogP) is 7.40. The van der Waals surface area contributed by atoms with Gasteiger partial charge in [-0.1, -0.05) is 121 Å². The highest BCUT2D eigenvalue weighted by Crippen LogP contribution is 2.32. The summed E-state index contributed by atoms with van der Waals surface area (Å²) in [5, 5.41) is 16.7. The second-order valence-corrected chi connectivity index (χ2v) is 13.0. The normalized spacial score (nSPS) is 16.3. The number of morpholine rings is 1. The lowest BCUT2D eigenvalue weighted by Gasteiger charge is -2.33. The number of hydrogen-bond acceptors (Lipinski definition) is 5. The Bertz CT molecular complexity index is 1800. The van der Waals surface area contributed by atoms with E-state index in [0.717, 1.165) is 46.7 Å². The van der Waals surface area contributed by atoms with Gasteiger partial charge in [-0.3, -0.25) is 9.69 Å². The van der Waals surface area contributed by atoms with Crippen molar-refractivity contribution in [3.63, 3.8) is 0 Å². The van der Waals surface area contributed by atoms with Gasteiger partial charge in [-0.2, -0.15) is 0 Å². The van der Waals surface area contributed by atoms with Gasteiger partial charge in [0.1, 0.15) is 24.5 Å². The minimum atomic E-state index is -1.18. The summed E-state index contributed by atoms with van der Waals surface area (Å²) in [6.07, 6.45) is 0.978. The largest absolute Gasteiger partial charge is 0.491 e. The number of benzene rings is 5. The first-order chi connectivity index (χ1) is 24.9. The molecule has 0 saturated carbocycles. The zero-order valence-electron chi connectivity index (χ0n) is 28.9. The highest BCUT2D eigenvalue weighted by molar-refractivity contribution is 5.98. The number of aryl methyl sites for hydroxylation is 1. The predicted molar refractivity (Wildman–Crippen MR) is 200 cm³/mol. The Labute approximate surface area is 300 Å².